The van der Waals surface area contributed by atoms with Gasteiger partial charge in [0.05, 0.1) is 5.56 Å². The van der Waals surface area contributed by atoms with E-state index in [9.17, 15) is 9.59 Å². The van der Waals surface area contributed by atoms with Gasteiger partial charge >= 0.3 is 0 Å². The lowest BCUT2D eigenvalue weighted by Gasteiger charge is -2.18. The van der Waals surface area contributed by atoms with Gasteiger partial charge in [0.25, 0.3) is 11.8 Å². The minimum atomic E-state index is -0.462. The summed E-state index contributed by atoms with van der Waals surface area (Å²) >= 11 is 1.49. The van der Waals surface area contributed by atoms with Crippen molar-refractivity contribution in [1.29, 1.82) is 0 Å². The molecule has 120 valence electrons. The van der Waals surface area contributed by atoms with Crippen LogP contribution in [0.3, 0.4) is 0 Å². The van der Waals surface area contributed by atoms with Crippen molar-refractivity contribution in [2.24, 2.45) is 11.7 Å². The quantitative estimate of drug-likeness (QED) is 0.904. The highest BCUT2D eigenvalue weighted by atomic mass is 32.1. The van der Waals surface area contributed by atoms with Gasteiger partial charge < -0.3 is 11.1 Å². The van der Waals surface area contributed by atoms with Crippen molar-refractivity contribution in [3.63, 3.8) is 0 Å². The number of carbonyl (C=O) groups is 2. The summed E-state index contributed by atoms with van der Waals surface area (Å²) in [5, 5.41) is 3.46. The molecule has 0 fully saturated rings. The van der Waals surface area contributed by atoms with Gasteiger partial charge in [-0.05, 0) is 49.8 Å². The number of thiophene rings is 1. The first kappa shape index (κ1) is 15.7. The Morgan fingerprint density at radius 1 is 1.26 bits per heavy atom. The van der Waals surface area contributed by atoms with Crippen LogP contribution in [-0.2, 0) is 12.8 Å². The Bertz CT molecular complexity index is 762. The van der Waals surface area contributed by atoms with Crippen LogP contribution in [0.1, 0.15) is 50.1 Å². The molecule has 5 heteroatoms. The standard InChI is InChI=1S/C18H20N2O2S/c1-10-3-6-12(7-4-10)17(22)20-18-15(16(19)21)13-8-5-11(2)9-14(13)23-18/h3-4,6-7,11H,5,8-9H2,1-2H3,(H2,19,21)(H,20,22). The summed E-state index contributed by atoms with van der Waals surface area (Å²) < 4.78 is 0. The first-order valence-corrected chi connectivity index (χ1v) is 8.59. The zero-order chi connectivity index (χ0) is 16.6. The molecule has 23 heavy (non-hydrogen) atoms. The average Bonchev–Trinajstić information content (AvgIpc) is 2.84. The summed E-state index contributed by atoms with van der Waals surface area (Å²) in [5.74, 6) is -0.0714. The maximum absolute atomic E-state index is 12.4. The van der Waals surface area contributed by atoms with E-state index in [0.29, 0.717) is 22.0 Å². The van der Waals surface area contributed by atoms with E-state index in [0.717, 1.165) is 30.4 Å². The molecule has 0 spiro atoms. The van der Waals surface area contributed by atoms with Crippen molar-refractivity contribution in [3.8, 4) is 0 Å². The number of benzene rings is 1. The molecular weight excluding hydrogens is 308 g/mol. The molecule has 0 saturated carbocycles. The molecule has 3 N–H and O–H groups in total. The van der Waals surface area contributed by atoms with E-state index >= 15 is 0 Å². The van der Waals surface area contributed by atoms with Gasteiger partial charge in [0.2, 0.25) is 0 Å². The van der Waals surface area contributed by atoms with Crippen molar-refractivity contribution in [1.82, 2.24) is 0 Å². The third-order valence-electron chi connectivity index (χ3n) is 4.30. The first-order valence-electron chi connectivity index (χ1n) is 7.78. The van der Waals surface area contributed by atoms with E-state index in [4.69, 9.17) is 5.73 Å². The minimum Gasteiger partial charge on any atom is -0.365 e. The number of hydrogen-bond acceptors (Lipinski definition) is 3. The number of primary amides is 1. The lowest BCUT2D eigenvalue weighted by Crippen LogP contribution is -2.19. The number of fused-ring (bicyclic) bond motifs is 1. The molecule has 0 radical (unpaired) electrons. The second-order valence-electron chi connectivity index (χ2n) is 6.24. The molecule has 1 unspecified atom stereocenters. The molecular formula is C18H20N2O2S. The fourth-order valence-corrected chi connectivity index (χ4v) is 4.39. The molecule has 1 atom stereocenters. The van der Waals surface area contributed by atoms with Crippen molar-refractivity contribution in [3.05, 3.63) is 51.4 Å². The van der Waals surface area contributed by atoms with Crippen molar-refractivity contribution in [2.45, 2.75) is 33.1 Å². The molecule has 1 aromatic carbocycles. The van der Waals surface area contributed by atoms with Gasteiger partial charge in [-0.3, -0.25) is 9.59 Å². The molecule has 0 bridgehead atoms. The van der Waals surface area contributed by atoms with Gasteiger partial charge in [-0.25, -0.2) is 0 Å². The summed E-state index contributed by atoms with van der Waals surface area (Å²) in [7, 11) is 0. The van der Waals surface area contributed by atoms with Crippen LogP contribution in [-0.4, -0.2) is 11.8 Å². The Morgan fingerprint density at radius 2 is 1.96 bits per heavy atom. The Labute approximate surface area is 139 Å². The highest BCUT2D eigenvalue weighted by molar-refractivity contribution is 7.17. The lowest BCUT2D eigenvalue weighted by atomic mass is 9.88. The Balaban J connectivity index is 1.92. The second-order valence-corrected chi connectivity index (χ2v) is 7.35. The van der Waals surface area contributed by atoms with Crippen LogP contribution < -0.4 is 11.1 Å². The minimum absolute atomic E-state index is 0.209. The Morgan fingerprint density at radius 3 is 2.61 bits per heavy atom. The third kappa shape index (κ3) is 3.15. The number of rotatable bonds is 3. The Kier molecular flexibility index (Phi) is 4.22. The lowest BCUT2D eigenvalue weighted by molar-refractivity contribution is 0.1000. The van der Waals surface area contributed by atoms with E-state index in [1.807, 2.05) is 19.1 Å². The Hall–Kier alpha value is -2.14. The molecule has 2 aromatic rings. The van der Waals surface area contributed by atoms with Crippen molar-refractivity contribution in [2.75, 3.05) is 5.32 Å². The van der Waals surface area contributed by atoms with Gasteiger partial charge in [0.15, 0.2) is 0 Å². The molecule has 1 aromatic heterocycles. The number of hydrogen-bond donors (Lipinski definition) is 2. The van der Waals surface area contributed by atoms with Gasteiger partial charge in [-0.1, -0.05) is 24.6 Å². The topological polar surface area (TPSA) is 72.2 Å². The summed E-state index contributed by atoms with van der Waals surface area (Å²) in [6.07, 6.45) is 2.85. The number of nitrogens with two attached hydrogens (primary N) is 1. The molecule has 1 heterocycles. The van der Waals surface area contributed by atoms with Gasteiger partial charge in [-0.15, -0.1) is 11.3 Å². The van der Waals surface area contributed by atoms with Gasteiger partial charge in [0, 0.05) is 10.4 Å². The number of aryl methyl sites for hydroxylation is 1. The predicted molar refractivity (Wildman–Crippen MR) is 93.2 cm³/mol. The summed E-state index contributed by atoms with van der Waals surface area (Å²) in [5.41, 5.74) is 8.77. The van der Waals surface area contributed by atoms with E-state index in [-0.39, 0.29) is 5.91 Å². The van der Waals surface area contributed by atoms with E-state index in [2.05, 4.69) is 12.2 Å². The molecule has 2 amide bonds. The SMILES string of the molecule is Cc1ccc(C(=O)Nc2sc3c(c2C(N)=O)CCC(C)C3)cc1. The first-order chi connectivity index (χ1) is 11.0. The number of anilines is 1. The predicted octanol–water partition coefficient (Wildman–Crippen LogP) is 3.53. The van der Waals surface area contributed by atoms with E-state index in [1.54, 1.807) is 12.1 Å². The summed E-state index contributed by atoms with van der Waals surface area (Å²) in [4.78, 5) is 25.5. The zero-order valence-electron chi connectivity index (χ0n) is 13.3. The van der Waals surface area contributed by atoms with E-state index < -0.39 is 5.91 Å². The molecule has 1 aliphatic rings. The highest BCUT2D eigenvalue weighted by Crippen LogP contribution is 2.39. The van der Waals surface area contributed by atoms with Crippen LogP contribution in [0, 0.1) is 12.8 Å². The van der Waals surface area contributed by atoms with Crippen LogP contribution in [0.2, 0.25) is 0 Å². The van der Waals surface area contributed by atoms with Crippen LogP contribution in [0.5, 0.6) is 0 Å². The van der Waals surface area contributed by atoms with Crippen LogP contribution in [0.4, 0.5) is 5.00 Å². The highest BCUT2D eigenvalue weighted by Gasteiger charge is 2.27. The maximum atomic E-state index is 12.4. The average molecular weight is 328 g/mol. The fourth-order valence-electron chi connectivity index (χ4n) is 2.98. The van der Waals surface area contributed by atoms with Crippen LogP contribution >= 0.6 is 11.3 Å². The van der Waals surface area contributed by atoms with E-state index in [1.165, 1.54) is 16.2 Å². The normalized spacial score (nSPS) is 16.7. The van der Waals surface area contributed by atoms with Gasteiger partial charge in [-0.2, -0.15) is 0 Å². The largest absolute Gasteiger partial charge is 0.365 e. The molecule has 3 rings (SSSR count). The molecule has 1 aliphatic carbocycles. The van der Waals surface area contributed by atoms with Gasteiger partial charge in [0.1, 0.15) is 5.00 Å². The maximum Gasteiger partial charge on any atom is 0.256 e. The number of nitrogens with one attached hydrogen (secondary N) is 1. The zero-order valence-corrected chi connectivity index (χ0v) is 14.1. The van der Waals surface area contributed by atoms with Crippen LogP contribution in [0.25, 0.3) is 0 Å². The third-order valence-corrected chi connectivity index (χ3v) is 5.47. The smallest absolute Gasteiger partial charge is 0.256 e. The van der Waals surface area contributed by atoms with Crippen molar-refractivity contribution < 1.29 is 9.59 Å². The van der Waals surface area contributed by atoms with Crippen LogP contribution in [0.15, 0.2) is 24.3 Å². The fraction of sp³-hybridized carbons (Fsp3) is 0.333. The summed E-state index contributed by atoms with van der Waals surface area (Å²) in [6.45, 7) is 4.18. The molecule has 0 saturated heterocycles. The number of amides is 2. The molecule has 0 aliphatic heterocycles. The second kappa shape index (κ2) is 6.16. The summed E-state index contributed by atoms with van der Waals surface area (Å²) in [6, 6.07) is 7.35. The molecule has 4 nitrogen and oxygen atoms in total. The monoisotopic (exact) mass is 328 g/mol. The van der Waals surface area contributed by atoms with Crippen molar-refractivity contribution >= 4 is 28.2 Å². The number of carbonyl (C=O) groups excluding carboxylic acids is 2.